The monoisotopic (exact) mass is 400 g/mol. The van der Waals surface area contributed by atoms with Crippen LogP contribution in [0.25, 0.3) is 10.2 Å². The topological polar surface area (TPSA) is 62.0 Å². The molecule has 0 radical (unpaired) electrons. The van der Waals surface area contributed by atoms with Crippen molar-refractivity contribution in [2.75, 3.05) is 26.9 Å². The minimum atomic E-state index is -0.210. The van der Waals surface area contributed by atoms with Gasteiger partial charge in [-0.15, -0.1) is 0 Å². The Hall–Kier alpha value is -2.64. The summed E-state index contributed by atoms with van der Waals surface area (Å²) in [5, 5.41) is 0. The summed E-state index contributed by atoms with van der Waals surface area (Å²) < 4.78 is 19.4. The van der Waals surface area contributed by atoms with Crippen molar-refractivity contribution in [1.82, 2.24) is 4.57 Å². The third-order valence-electron chi connectivity index (χ3n) is 4.03. The van der Waals surface area contributed by atoms with Crippen LogP contribution in [-0.2, 0) is 16.1 Å². The average Bonchev–Trinajstić information content (AvgIpc) is 3.03. The van der Waals surface area contributed by atoms with E-state index in [1.807, 2.05) is 60.0 Å². The number of benzene rings is 2. The smallest absolute Gasteiger partial charge is 0.251 e. The Kier molecular flexibility index (Phi) is 7.22. The molecule has 7 heteroatoms. The van der Waals surface area contributed by atoms with Crippen LogP contribution in [0, 0.1) is 0 Å². The highest BCUT2D eigenvalue weighted by atomic mass is 32.1. The van der Waals surface area contributed by atoms with Crippen LogP contribution in [0.15, 0.2) is 53.5 Å². The van der Waals surface area contributed by atoms with E-state index >= 15 is 0 Å². The van der Waals surface area contributed by atoms with Crippen LogP contribution in [0.5, 0.6) is 11.5 Å². The summed E-state index contributed by atoms with van der Waals surface area (Å²) >= 11 is 1.47. The van der Waals surface area contributed by atoms with Gasteiger partial charge in [0.15, 0.2) is 4.80 Å². The molecule has 0 saturated carbocycles. The first kappa shape index (κ1) is 20.1. The van der Waals surface area contributed by atoms with Crippen molar-refractivity contribution in [3.05, 3.63) is 53.3 Å². The number of rotatable bonds is 9. The van der Waals surface area contributed by atoms with Gasteiger partial charge in [-0.1, -0.05) is 29.5 Å². The van der Waals surface area contributed by atoms with E-state index in [1.54, 1.807) is 7.11 Å². The molecule has 1 amide bonds. The Balaban J connectivity index is 1.79. The number of ether oxygens (including phenoxy) is 3. The predicted octanol–water partition coefficient (Wildman–Crippen LogP) is 3.64. The van der Waals surface area contributed by atoms with Crippen molar-refractivity contribution in [3.8, 4) is 11.5 Å². The van der Waals surface area contributed by atoms with Crippen LogP contribution in [-0.4, -0.2) is 37.4 Å². The van der Waals surface area contributed by atoms with Gasteiger partial charge in [-0.25, -0.2) is 0 Å². The van der Waals surface area contributed by atoms with Crippen molar-refractivity contribution in [3.63, 3.8) is 0 Å². The summed E-state index contributed by atoms with van der Waals surface area (Å²) in [4.78, 5) is 17.3. The van der Waals surface area contributed by atoms with Crippen molar-refractivity contribution in [2.24, 2.45) is 4.99 Å². The number of methoxy groups -OCH3 is 1. The lowest BCUT2D eigenvalue weighted by atomic mass is 10.3. The minimum Gasteiger partial charge on any atom is -0.494 e. The molecule has 0 saturated heterocycles. The van der Waals surface area contributed by atoms with E-state index in [9.17, 15) is 4.79 Å². The molecule has 148 valence electrons. The van der Waals surface area contributed by atoms with Gasteiger partial charge in [0.2, 0.25) is 0 Å². The first-order valence-corrected chi connectivity index (χ1v) is 10.0. The molecule has 0 N–H and O–H groups in total. The largest absolute Gasteiger partial charge is 0.494 e. The number of hydrogen-bond acceptors (Lipinski definition) is 5. The number of nitrogens with zero attached hydrogens (tertiary/aromatic N) is 2. The van der Waals surface area contributed by atoms with Gasteiger partial charge in [0.25, 0.3) is 5.91 Å². The summed E-state index contributed by atoms with van der Waals surface area (Å²) in [7, 11) is 1.66. The van der Waals surface area contributed by atoms with Crippen LogP contribution in [0.2, 0.25) is 0 Å². The molecule has 0 aliphatic heterocycles. The van der Waals surface area contributed by atoms with Crippen molar-refractivity contribution >= 4 is 27.5 Å². The lowest BCUT2D eigenvalue weighted by Crippen LogP contribution is -2.19. The third-order valence-corrected chi connectivity index (χ3v) is 5.07. The molecule has 0 bridgehead atoms. The Morgan fingerprint density at radius 1 is 1.07 bits per heavy atom. The maximum atomic E-state index is 12.4. The van der Waals surface area contributed by atoms with E-state index in [1.165, 1.54) is 11.3 Å². The fourth-order valence-corrected chi connectivity index (χ4v) is 3.83. The highest BCUT2D eigenvalue weighted by molar-refractivity contribution is 7.16. The first-order chi connectivity index (χ1) is 13.7. The Morgan fingerprint density at radius 2 is 1.89 bits per heavy atom. The standard InChI is InChI=1S/C21H24N2O4S/c1-3-26-17-9-10-18-19(15-17)28-21(23(18)12-14-25-2)22-20(24)11-13-27-16-7-5-4-6-8-16/h4-10,15H,3,11-14H2,1-2H3. The molecule has 0 aliphatic carbocycles. The van der Waals surface area contributed by atoms with Gasteiger partial charge < -0.3 is 18.8 Å². The van der Waals surface area contributed by atoms with Crippen LogP contribution < -0.4 is 14.3 Å². The maximum absolute atomic E-state index is 12.4. The Labute approximate surface area is 168 Å². The highest BCUT2D eigenvalue weighted by Crippen LogP contribution is 2.23. The quantitative estimate of drug-likeness (QED) is 0.550. The molecule has 2 aromatic carbocycles. The first-order valence-electron chi connectivity index (χ1n) is 9.21. The van der Waals surface area contributed by atoms with Gasteiger partial charge in [0.1, 0.15) is 11.5 Å². The number of para-hydroxylation sites is 1. The number of carbonyl (C=O) groups is 1. The van der Waals surface area contributed by atoms with Crippen molar-refractivity contribution in [2.45, 2.75) is 19.9 Å². The minimum absolute atomic E-state index is 0.210. The van der Waals surface area contributed by atoms with Crippen LogP contribution in [0.1, 0.15) is 13.3 Å². The number of fused-ring (bicyclic) bond motifs is 1. The number of thiazole rings is 1. The molecule has 1 aromatic heterocycles. The van der Waals surface area contributed by atoms with Gasteiger partial charge in [-0.3, -0.25) is 4.79 Å². The summed E-state index contributed by atoms with van der Waals surface area (Å²) in [6, 6.07) is 15.3. The van der Waals surface area contributed by atoms with Crippen LogP contribution >= 0.6 is 11.3 Å². The molecular formula is C21H24N2O4S. The summed E-state index contributed by atoms with van der Waals surface area (Å²) in [5.74, 6) is 1.35. The van der Waals surface area contributed by atoms with Gasteiger partial charge in [-0.2, -0.15) is 4.99 Å². The third kappa shape index (κ3) is 5.21. The zero-order chi connectivity index (χ0) is 19.8. The lowest BCUT2D eigenvalue weighted by Gasteiger charge is -2.06. The summed E-state index contributed by atoms with van der Waals surface area (Å²) in [6.45, 7) is 4.02. The second-order valence-corrected chi connectivity index (χ2v) is 7.02. The fourth-order valence-electron chi connectivity index (χ4n) is 2.73. The van der Waals surface area contributed by atoms with Crippen LogP contribution in [0.4, 0.5) is 0 Å². The zero-order valence-corrected chi connectivity index (χ0v) is 16.9. The molecular weight excluding hydrogens is 376 g/mol. The van der Waals surface area contributed by atoms with Gasteiger partial charge in [-0.05, 0) is 37.3 Å². The average molecular weight is 401 g/mol. The van der Waals surface area contributed by atoms with Gasteiger partial charge in [0, 0.05) is 13.7 Å². The molecule has 6 nitrogen and oxygen atoms in total. The molecule has 1 heterocycles. The van der Waals surface area contributed by atoms with Crippen LogP contribution in [0.3, 0.4) is 0 Å². The van der Waals surface area contributed by atoms with E-state index in [4.69, 9.17) is 14.2 Å². The fraction of sp³-hybridized carbons (Fsp3) is 0.333. The Bertz CT molecular complexity index is 979. The van der Waals surface area contributed by atoms with Gasteiger partial charge >= 0.3 is 0 Å². The Morgan fingerprint density at radius 3 is 2.64 bits per heavy atom. The molecule has 0 atom stereocenters. The maximum Gasteiger partial charge on any atom is 0.251 e. The number of carbonyl (C=O) groups excluding carboxylic acids is 1. The number of hydrogen-bond donors (Lipinski definition) is 0. The van der Waals surface area contributed by atoms with E-state index in [0.717, 1.165) is 21.7 Å². The normalized spacial score (nSPS) is 11.7. The summed E-state index contributed by atoms with van der Waals surface area (Å²) in [6.07, 6.45) is 0.220. The second kappa shape index (κ2) is 10.1. The van der Waals surface area contributed by atoms with Crippen molar-refractivity contribution in [1.29, 1.82) is 0 Å². The zero-order valence-electron chi connectivity index (χ0n) is 16.1. The molecule has 0 unspecified atom stereocenters. The van der Waals surface area contributed by atoms with E-state index in [0.29, 0.717) is 31.2 Å². The molecule has 28 heavy (non-hydrogen) atoms. The molecule has 3 rings (SSSR count). The molecule has 0 fully saturated rings. The number of amides is 1. The molecule has 0 aliphatic rings. The molecule has 3 aromatic rings. The van der Waals surface area contributed by atoms with E-state index in [2.05, 4.69) is 4.99 Å². The van der Waals surface area contributed by atoms with E-state index < -0.39 is 0 Å². The summed E-state index contributed by atoms with van der Waals surface area (Å²) in [5.41, 5.74) is 1.01. The molecule has 0 spiro atoms. The van der Waals surface area contributed by atoms with Gasteiger partial charge in [0.05, 0.1) is 36.5 Å². The lowest BCUT2D eigenvalue weighted by molar-refractivity contribution is -0.118. The SMILES string of the molecule is CCOc1ccc2c(c1)sc(=NC(=O)CCOc1ccccc1)n2CCOC. The number of aromatic nitrogens is 1. The van der Waals surface area contributed by atoms with E-state index in [-0.39, 0.29) is 12.3 Å². The van der Waals surface area contributed by atoms with Crippen molar-refractivity contribution < 1.29 is 19.0 Å². The second-order valence-electron chi connectivity index (χ2n) is 6.01. The highest BCUT2D eigenvalue weighted by Gasteiger charge is 2.09. The predicted molar refractivity (Wildman–Crippen MR) is 110 cm³/mol.